The molecule has 0 aromatic carbocycles. The van der Waals surface area contributed by atoms with Crippen LogP contribution in [0, 0.1) is 11.8 Å². The molecular formula is C14H23NO3. The van der Waals surface area contributed by atoms with Gasteiger partial charge in [0.1, 0.15) is 0 Å². The average Bonchev–Trinajstić information content (AvgIpc) is 2.82. The monoisotopic (exact) mass is 253 g/mol. The molecule has 0 atom stereocenters. The Morgan fingerprint density at radius 3 is 2.17 bits per heavy atom. The smallest absolute Gasteiger partial charge is 0.306 e. The third kappa shape index (κ3) is 3.72. The Bertz CT molecular complexity index is 302. The van der Waals surface area contributed by atoms with E-state index >= 15 is 0 Å². The first-order valence-corrected chi connectivity index (χ1v) is 7.17. The lowest BCUT2D eigenvalue weighted by Crippen LogP contribution is -2.39. The predicted octanol–water partition coefficient (Wildman–Crippen LogP) is 2.33. The van der Waals surface area contributed by atoms with Crippen molar-refractivity contribution in [3.05, 3.63) is 0 Å². The highest BCUT2D eigenvalue weighted by Gasteiger charge is 2.27. The molecule has 0 radical (unpaired) electrons. The lowest BCUT2D eigenvalue weighted by atomic mass is 9.86. The van der Waals surface area contributed by atoms with Crippen molar-refractivity contribution in [2.24, 2.45) is 11.8 Å². The summed E-state index contributed by atoms with van der Waals surface area (Å²) in [6.07, 6.45) is 8.61. The molecule has 0 unspecified atom stereocenters. The fourth-order valence-corrected chi connectivity index (χ4v) is 3.25. The predicted molar refractivity (Wildman–Crippen MR) is 68.1 cm³/mol. The number of nitrogens with one attached hydrogen (secondary N) is 1. The maximum atomic E-state index is 11.9. The van der Waals surface area contributed by atoms with Gasteiger partial charge in [-0.15, -0.1) is 0 Å². The number of carbonyl (C=O) groups is 2. The minimum atomic E-state index is -0.689. The van der Waals surface area contributed by atoms with E-state index in [2.05, 4.69) is 5.32 Å². The Labute approximate surface area is 108 Å². The van der Waals surface area contributed by atoms with E-state index in [0.29, 0.717) is 25.2 Å². The zero-order valence-corrected chi connectivity index (χ0v) is 10.9. The van der Waals surface area contributed by atoms with Gasteiger partial charge in [-0.2, -0.15) is 0 Å². The highest BCUT2D eigenvalue weighted by molar-refractivity contribution is 5.76. The normalized spacial score (nSPS) is 29.1. The summed E-state index contributed by atoms with van der Waals surface area (Å²) in [5, 5.41) is 12.0. The molecule has 0 spiro atoms. The third-order valence-electron chi connectivity index (χ3n) is 4.39. The second-order valence-corrected chi connectivity index (χ2v) is 5.81. The fourth-order valence-electron chi connectivity index (χ4n) is 3.25. The van der Waals surface area contributed by atoms with Crippen LogP contribution in [0.25, 0.3) is 0 Å². The topological polar surface area (TPSA) is 66.4 Å². The van der Waals surface area contributed by atoms with Crippen LogP contribution in [0.3, 0.4) is 0 Å². The SMILES string of the molecule is O=C(CC1CCCC1)NC1CCC(C(=O)O)CC1. The van der Waals surface area contributed by atoms with Gasteiger partial charge in [0.05, 0.1) is 5.92 Å². The Morgan fingerprint density at radius 2 is 1.61 bits per heavy atom. The van der Waals surface area contributed by atoms with Gasteiger partial charge in [0.25, 0.3) is 0 Å². The molecule has 2 aliphatic carbocycles. The summed E-state index contributed by atoms with van der Waals surface area (Å²) in [5.41, 5.74) is 0. The van der Waals surface area contributed by atoms with Crippen LogP contribution in [0.5, 0.6) is 0 Å². The molecular weight excluding hydrogens is 230 g/mol. The molecule has 0 heterocycles. The van der Waals surface area contributed by atoms with Crippen molar-refractivity contribution in [2.75, 3.05) is 0 Å². The molecule has 2 N–H and O–H groups in total. The number of carboxylic acids is 1. The lowest BCUT2D eigenvalue weighted by Gasteiger charge is -2.27. The molecule has 4 nitrogen and oxygen atoms in total. The number of carbonyl (C=O) groups excluding carboxylic acids is 1. The molecule has 0 saturated heterocycles. The van der Waals surface area contributed by atoms with Crippen LogP contribution in [-0.4, -0.2) is 23.0 Å². The zero-order chi connectivity index (χ0) is 13.0. The quantitative estimate of drug-likeness (QED) is 0.808. The number of aliphatic carboxylic acids is 1. The van der Waals surface area contributed by atoms with E-state index in [1.807, 2.05) is 0 Å². The van der Waals surface area contributed by atoms with E-state index in [4.69, 9.17) is 5.11 Å². The summed E-state index contributed by atoms with van der Waals surface area (Å²) >= 11 is 0. The van der Waals surface area contributed by atoms with E-state index in [-0.39, 0.29) is 17.9 Å². The molecule has 18 heavy (non-hydrogen) atoms. The van der Waals surface area contributed by atoms with Gasteiger partial charge >= 0.3 is 5.97 Å². The van der Waals surface area contributed by atoms with Gasteiger partial charge in [0.2, 0.25) is 5.91 Å². The van der Waals surface area contributed by atoms with Crippen molar-refractivity contribution in [1.82, 2.24) is 5.32 Å². The van der Waals surface area contributed by atoms with Gasteiger partial charge in [0.15, 0.2) is 0 Å². The number of amides is 1. The van der Waals surface area contributed by atoms with Crippen LogP contribution in [0.2, 0.25) is 0 Å². The molecule has 4 heteroatoms. The van der Waals surface area contributed by atoms with Gasteiger partial charge in [-0.25, -0.2) is 0 Å². The summed E-state index contributed by atoms with van der Waals surface area (Å²) in [4.78, 5) is 22.7. The van der Waals surface area contributed by atoms with Crippen LogP contribution >= 0.6 is 0 Å². The standard InChI is InChI=1S/C14H23NO3/c16-13(9-10-3-1-2-4-10)15-12-7-5-11(6-8-12)14(17)18/h10-12H,1-9H2,(H,15,16)(H,17,18). The van der Waals surface area contributed by atoms with Gasteiger partial charge in [-0.05, 0) is 44.4 Å². The number of hydrogen-bond acceptors (Lipinski definition) is 2. The molecule has 0 aliphatic heterocycles. The van der Waals surface area contributed by atoms with Crippen molar-refractivity contribution >= 4 is 11.9 Å². The summed E-state index contributed by atoms with van der Waals surface area (Å²) in [7, 11) is 0. The van der Waals surface area contributed by atoms with Gasteiger partial charge in [-0.1, -0.05) is 12.8 Å². The Morgan fingerprint density at radius 1 is 1.00 bits per heavy atom. The molecule has 2 aliphatic rings. The van der Waals surface area contributed by atoms with Gasteiger partial charge < -0.3 is 10.4 Å². The number of hydrogen-bond donors (Lipinski definition) is 2. The van der Waals surface area contributed by atoms with E-state index in [0.717, 1.165) is 12.8 Å². The van der Waals surface area contributed by atoms with Crippen LogP contribution in [-0.2, 0) is 9.59 Å². The molecule has 2 saturated carbocycles. The average molecular weight is 253 g/mol. The largest absolute Gasteiger partial charge is 0.481 e. The molecule has 102 valence electrons. The Balaban J connectivity index is 1.67. The van der Waals surface area contributed by atoms with Crippen molar-refractivity contribution in [1.29, 1.82) is 0 Å². The van der Waals surface area contributed by atoms with Gasteiger partial charge in [-0.3, -0.25) is 9.59 Å². The molecule has 2 fully saturated rings. The van der Waals surface area contributed by atoms with Crippen molar-refractivity contribution in [3.63, 3.8) is 0 Å². The van der Waals surface area contributed by atoms with Gasteiger partial charge in [0, 0.05) is 12.5 Å². The van der Waals surface area contributed by atoms with E-state index in [9.17, 15) is 9.59 Å². The van der Waals surface area contributed by atoms with Crippen LogP contribution < -0.4 is 5.32 Å². The van der Waals surface area contributed by atoms with Crippen molar-refractivity contribution in [2.45, 2.75) is 63.8 Å². The maximum Gasteiger partial charge on any atom is 0.306 e. The second kappa shape index (κ2) is 6.21. The first-order valence-electron chi connectivity index (χ1n) is 7.17. The zero-order valence-electron chi connectivity index (χ0n) is 10.9. The van der Waals surface area contributed by atoms with E-state index in [1.165, 1.54) is 25.7 Å². The minimum Gasteiger partial charge on any atom is -0.481 e. The third-order valence-corrected chi connectivity index (χ3v) is 4.39. The number of carboxylic acid groups (broad SMARTS) is 1. The minimum absolute atomic E-state index is 0.167. The maximum absolute atomic E-state index is 11.9. The fraction of sp³-hybridized carbons (Fsp3) is 0.857. The Hall–Kier alpha value is -1.06. The molecule has 0 aromatic heterocycles. The first-order chi connectivity index (χ1) is 8.65. The lowest BCUT2D eigenvalue weighted by molar-refractivity contribution is -0.142. The second-order valence-electron chi connectivity index (χ2n) is 5.81. The first kappa shape index (κ1) is 13.4. The highest BCUT2D eigenvalue weighted by atomic mass is 16.4. The molecule has 0 aromatic rings. The van der Waals surface area contributed by atoms with E-state index < -0.39 is 5.97 Å². The molecule has 2 rings (SSSR count). The highest BCUT2D eigenvalue weighted by Crippen LogP contribution is 2.28. The molecule has 0 bridgehead atoms. The summed E-state index contributed by atoms with van der Waals surface area (Å²) in [6, 6.07) is 0.203. The van der Waals surface area contributed by atoms with E-state index in [1.54, 1.807) is 0 Å². The summed E-state index contributed by atoms with van der Waals surface area (Å²) < 4.78 is 0. The molecule has 1 amide bonds. The van der Waals surface area contributed by atoms with Crippen molar-refractivity contribution < 1.29 is 14.7 Å². The van der Waals surface area contributed by atoms with Crippen LogP contribution in [0.15, 0.2) is 0 Å². The van der Waals surface area contributed by atoms with Crippen LogP contribution in [0.1, 0.15) is 57.8 Å². The Kier molecular flexibility index (Phi) is 4.61. The van der Waals surface area contributed by atoms with Crippen molar-refractivity contribution in [3.8, 4) is 0 Å². The number of rotatable bonds is 4. The summed E-state index contributed by atoms with van der Waals surface area (Å²) in [5.74, 6) is -0.139. The van der Waals surface area contributed by atoms with Crippen LogP contribution in [0.4, 0.5) is 0 Å². The summed E-state index contributed by atoms with van der Waals surface area (Å²) in [6.45, 7) is 0.